The number of nitrogens with one attached hydrogen (secondary N) is 2. The predicted molar refractivity (Wildman–Crippen MR) is 111 cm³/mol. The van der Waals surface area contributed by atoms with Crippen molar-refractivity contribution in [3.05, 3.63) is 83.4 Å². The van der Waals surface area contributed by atoms with Crippen LogP contribution in [0.5, 0.6) is 0 Å². The maximum absolute atomic E-state index is 12.2. The summed E-state index contributed by atoms with van der Waals surface area (Å²) in [7, 11) is 1.81. The van der Waals surface area contributed by atoms with Crippen LogP contribution in [0, 0.1) is 6.92 Å². The van der Waals surface area contributed by atoms with E-state index in [9.17, 15) is 9.59 Å². The average molecular weight is 371 g/mol. The highest BCUT2D eigenvalue weighted by atomic mass is 16.2. The van der Waals surface area contributed by atoms with Crippen molar-refractivity contribution < 1.29 is 9.59 Å². The summed E-state index contributed by atoms with van der Waals surface area (Å²) in [5.74, 6) is 0.0583. The molecule has 3 amide bonds. The Hall–Kier alpha value is -3.60. The molecule has 0 aliphatic carbocycles. The number of hydrogen-bond acceptors (Lipinski definition) is 2. The monoisotopic (exact) mass is 371 g/mol. The van der Waals surface area contributed by atoms with Crippen molar-refractivity contribution in [1.29, 1.82) is 0 Å². The first-order chi connectivity index (χ1) is 13.5. The zero-order valence-corrected chi connectivity index (χ0v) is 15.8. The molecule has 5 nitrogen and oxygen atoms in total. The second-order valence-corrected chi connectivity index (χ2v) is 7.02. The molecule has 0 saturated heterocycles. The van der Waals surface area contributed by atoms with Gasteiger partial charge in [-0.05, 0) is 59.5 Å². The Morgan fingerprint density at radius 2 is 1.57 bits per heavy atom. The van der Waals surface area contributed by atoms with Crippen molar-refractivity contribution in [3.63, 3.8) is 0 Å². The Morgan fingerprint density at radius 1 is 0.893 bits per heavy atom. The smallest absolute Gasteiger partial charge is 0.323 e. The number of aryl methyl sites for hydroxylation is 1. The van der Waals surface area contributed by atoms with E-state index in [2.05, 4.69) is 10.6 Å². The molecule has 3 aromatic carbocycles. The number of nitrogens with zero attached hydrogens (tertiary/aromatic N) is 1. The molecule has 1 aliphatic rings. The van der Waals surface area contributed by atoms with Gasteiger partial charge in [-0.2, -0.15) is 0 Å². The summed E-state index contributed by atoms with van der Waals surface area (Å²) in [5, 5.41) is 5.67. The van der Waals surface area contributed by atoms with Gasteiger partial charge in [0.2, 0.25) is 0 Å². The van der Waals surface area contributed by atoms with Crippen LogP contribution in [0.4, 0.5) is 16.2 Å². The number of fused-ring (bicyclic) bond motifs is 1. The first-order valence-electron chi connectivity index (χ1n) is 9.14. The molecule has 0 unspecified atom stereocenters. The molecular weight excluding hydrogens is 350 g/mol. The van der Waals surface area contributed by atoms with Gasteiger partial charge in [0.05, 0.1) is 0 Å². The first kappa shape index (κ1) is 17.8. The van der Waals surface area contributed by atoms with Crippen molar-refractivity contribution >= 4 is 23.3 Å². The minimum absolute atomic E-state index is 0.0583. The third-order valence-corrected chi connectivity index (χ3v) is 4.88. The number of benzene rings is 3. The van der Waals surface area contributed by atoms with E-state index in [4.69, 9.17) is 0 Å². The lowest BCUT2D eigenvalue weighted by atomic mass is 9.97. The summed E-state index contributed by atoms with van der Waals surface area (Å²) < 4.78 is 0. The summed E-state index contributed by atoms with van der Waals surface area (Å²) in [6.07, 6.45) is 0. The summed E-state index contributed by atoms with van der Waals surface area (Å²) in [6, 6.07) is 20.8. The van der Waals surface area contributed by atoms with Crippen LogP contribution >= 0.6 is 0 Å². The first-order valence-corrected chi connectivity index (χ1v) is 9.14. The van der Waals surface area contributed by atoms with Gasteiger partial charge in [0.1, 0.15) is 0 Å². The Balaban J connectivity index is 1.49. The summed E-state index contributed by atoms with van der Waals surface area (Å²) in [5.41, 5.74) is 6.42. The van der Waals surface area contributed by atoms with Gasteiger partial charge >= 0.3 is 6.03 Å². The van der Waals surface area contributed by atoms with Gasteiger partial charge < -0.3 is 15.5 Å². The zero-order valence-electron chi connectivity index (χ0n) is 15.8. The molecule has 0 fully saturated rings. The average Bonchev–Trinajstić information content (AvgIpc) is 2.97. The van der Waals surface area contributed by atoms with Crippen LogP contribution in [-0.2, 0) is 6.54 Å². The molecule has 0 bridgehead atoms. The molecule has 140 valence electrons. The van der Waals surface area contributed by atoms with E-state index >= 15 is 0 Å². The molecule has 28 heavy (non-hydrogen) atoms. The van der Waals surface area contributed by atoms with Crippen LogP contribution in [0.1, 0.15) is 21.5 Å². The van der Waals surface area contributed by atoms with Crippen LogP contribution in [0.2, 0.25) is 0 Å². The van der Waals surface area contributed by atoms with Crippen molar-refractivity contribution in [2.24, 2.45) is 0 Å². The third-order valence-electron chi connectivity index (χ3n) is 4.88. The topological polar surface area (TPSA) is 61.4 Å². The van der Waals surface area contributed by atoms with Gasteiger partial charge in [0, 0.05) is 30.5 Å². The highest BCUT2D eigenvalue weighted by Gasteiger charge is 2.26. The van der Waals surface area contributed by atoms with Crippen LogP contribution in [-0.4, -0.2) is 23.9 Å². The van der Waals surface area contributed by atoms with E-state index in [1.54, 1.807) is 4.90 Å². The molecule has 0 aromatic heterocycles. The number of amides is 3. The number of anilines is 2. The lowest BCUT2D eigenvalue weighted by molar-refractivity contribution is 0.0816. The maximum Gasteiger partial charge on any atom is 0.323 e. The van der Waals surface area contributed by atoms with E-state index in [0.717, 1.165) is 33.5 Å². The molecule has 0 atom stereocenters. The largest absolute Gasteiger partial charge is 0.337 e. The van der Waals surface area contributed by atoms with Crippen molar-refractivity contribution in [1.82, 2.24) is 4.90 Å². The van der Waals surface area contributed by atoms with Gasteiger partial charge in [-0.1, -0.05) is 36.4 Å². The molecule has 0 radical (unpaired) electrons. The van der Waals surface area contributed by atoms with Gasteiger partial charge in [-0.3, -0.25) is 4.79 Å². The predicted octanol–water partition coefficient (Wildman–Crippen LogP) is 4.89. The highest BCUT2D eigenvalue weighted by Crippen LogP contribution is 2.32. The van der Waals surface area contributed by atoms with E-state index in [1.807, 2.05) is 80.7 Å². The van der Waals surface area contributed by atoms with E-state index < -0.39 is 0 Å². The molecule has 4 rings (SSSR count). The fourth-order valence-corrected chi connectivity index (χ4v) is 3.49. The van der Waals surface area contributed by atoms with E-state index in [-0.39, 0.29) is 11.9 Å². The number of rotatable bonds is 3. The molecule has 1 heterocycles. The Bertz CT molecular complexity index is 1060. The maximum atomic E-state index is 12.2. The Morgan fingerprint density at radius 3 is 2.32 bits per heavy atom. The molecule has 1 aliphatic heterocycles. The summed E-state index contributed by atoms with van der Waals surface area (Å²) in [6.45, 7) is 2.59. The number of hydrogen-bond donors (Lipinski definition) is 2. The second kappa shape index (κ2) is 7.19. The second-order valence-electron chi connectivity index (χ2n) is 7.02. The summed E-state index contributed by atoms with van der Waals surface area (Å²) in [4.78, 5) is 26.1. The minimum atomic E-state index is -0.286. The van der Waals surface area contributed by atoms with Crippen LogP contribution in [0.3, 0.4) is 0 Å². The lowest BCUT2D eigenvalue weighted by Gasteiger charge is -2.11. The normalized spacial score (nSPS) is 12.6. The minimum Gasteiger partial charge on any atom is -0.337 e. The number of carbonyl (C=O) groups is 2. The van der Waals surface area contributed by atoms with E-state index in [1.165, 1.54) is 0 Å². The Labute approximate surface area is 164 Å². The van der Waals surface area contributed by atoms with Gasteiger partial charge in [0.25, 0.3) is 5.91 Å². The van der Waals surface area contributed by atoms with Crippen LogP contribution in [0.15, 0.2) is 66.7 Å². The number of urea groups is 1. The molecule has 0 saturated carbocycles. The van der Waals surface area contributed by atoms with Gasteiger partial charge in [-0.15, -0.1) is 0 Å². The molecule has 2 N–H and O–H groups in total. The quantitative estimate of drug-likeness (QED) is 0.688. The fraction of sp³-hybridized carbons (Fsp3) is 0.130. The molecule has 0 spiro atoms. The van der Waals surface area contributed by atoms with E-state index in [0.29, 0.717) is 12.2 Å². The van der Waals surface area contributed by atoms with Gasteiger partial charge in [-0.25, -0.2) is 4.79 Å². The molecular formula is C23H21N3O2. The molecule has 5 heteroatoms. The van der Waals surface area contributed by atoms with Crippen LogP contribution < -0.4 is 10.6 Å². The van der Waals surface area contributed by atoms with Crippen molar-refractivity contribution in [2.75, 3.05) is 17.7 Å². The van der Waals surface area contributed by atoms with Crippen molar-refractivity contribution in [3.8, 4) is 11.1 Å². The van der Waals surface area contributed by atoms with Gasteiger partial charge in [0.15, 0.2) is 0 Å². The number of carbonyl (C=O) groups excluding carboxylic acids is 2. The molecule has 3 aromatic rings. The third kappa shape index (κ3) is 3.47. The lowest BCUT2D eigenvalue weighted by Crippen LogP contribution is -2.19. The SMILES string of the molecule is Cc1cccc(NC(=O)Nc2ccc(-c3cccc4c3CN(C)C4=O)cc2)c1. The highest BCUT2D eigenvalue weighted by molar-refractivity contribution is 6.01. The zero-order chi connectivity index (χ0) is 19.7. The van der Waals surface area contributed by atoms with Crippen molar-refractivity contribution in [2.45, 2.75) is 13.5 Å². The fourth-order valence-electron chi connectivity index (χ4n) is 3.49. The van der Waals surface area contributed by atoms with Crippen LogP contribution in [0.25, 0.3) is 11.1 Å². The standard InChI is InChI=1S/C23H21N3O2/c1-15-5-3-6-18(13-15)25-23(28)24-17-11-9-16(10-12-17)19-7-4-8-20-21(19)14-26(2)22(20)27/h3-13H,14H2,1-2H3,(H2,24,25,28). The summed E-state index contributed by atoms with van der Waals surface area (Å²) >= 11 is 0. The Kier molecular flexibility index (Phi) is 4.57.